The molecule has 0 amide bonds. The first-order valence-electron chi connectivity index (χ1n) is 22.3. The molecular formula is C50H83NO7P+. The molecule has 0 radical (unpaired) electrons. The number of carbonyl (C=O) groups is 1. The fourth-order valence-electron chi connectivity index (χ4n) is 5.14. The fourth-order valence-corrected chi connectivity index (χ4v) is 5.88. The van der Waals surface area contributed by atoms with Crippen LogP contribution in [0.3, 0.4) is 0 Å². The van der Waals surface area contributed by atoms with Crippen molar-refractivity contribution in [3.8, 4) is 0 Å². The van der Waals surface area contributed by atoms with Gasteiger partial charge in [0, 0.05) is 13.0 Å². The van der Waals surface area contributed by atoms with E-state index in [-0.39, 0.29) is 32.2 Å². The third kappa shape index (κ3) is 45.8. The molecule has 2 atom stereocenters. The summed E-state index contributed by atoms with van der Waals surface area (Å²) in [4.78, 5) is 22.9. The SMILES string of the molecule is CC/C=C\C/C=C\C/C=C\C/C=C\C/C=C\CCCCCCOCC(COP(=O)(O)OCC[N+](C)(C)C)OC(=O)CCC/C=C\C/C=C\C/C=C\C/C=C\C/C=C\CC. The van der Waals surface area contributed by atoms with Crippen molar-refractivity contribution in [3.63, 3.8) is 0 Å². The Morgan fingerprint density at radius 1 is 0.525 bits per heavy atom. The van der Waals surface area contributed by atoms with Crippen molar-refractivity contribution < 1.29 is 37.3 Å². The van der Waals surface area contributed by atoms with Crippen LogP contribution in [0.15, 0.2) is 122 Å². The average Bonchev–Trinajstić information content (AvgIpc) is 3.19. The number of ether oxygens (including phenoxy) is 2. The van der Waals surface area contributed by atoms with Gasteiger partial charge in [-0.05, 0) is 96.3 Å². The van der Waals surface area contributed by atoms with E-state index in [9.17, 15) is 14.3 Å². The maximum absolute atomic E-state index is 12.7. The molecule has 0 aliphatic carbocycles. The molecule has 0 heterocycles. The van der Waals surface area contributed by atoms with Crippen LogP contribution in [0, 0.1) is 0 Å². The number of phosphoric ester groups is 1. The summed E-state index contributed by atoms with van der Waals surface area (Å²) in [5.74, 6) is -0.386. The van der Waals surface area contributed by atoms with Crippen molar-refractivity contribution in [1.29, 1.82) is 0 Å². The molecule has 0 aromatic carbocycles. The van der Waals surface area contributed by atoms with E-state index < -0.39 is 13.9 Å². The van der Waals surface area contributed by atoms with E-state index in [1.807, 2.05) is 21.1 Å². The van der Waals surface area contributed by atoms with Gasteiger partial charge < -0.3 is 18.9 Å². The quantitative estimate of drug-likeness (QED) is 0.0217. The lowest BCUT2D eigenvalue weighted by Gasteiger charge is -2.24. The predicted octanol–water partition coefficient (Wildman–Crippen LogP) is 13.4. The average molecular weight is 841 g/mol. The van der Waals surface area contributed by atoms with Crippen molar-refractivity contribution in [2.24, 2.45) is 0 Å². The van der Waals surface area contributed by atoms with E-state index in [1.165, 1.54) is 0 Å². The number of nitrogens with zero attached hydrogens (tertiary/aromatic N) is 1. The molecule has 9 heteroatoms. The molecule has 0 spiro atoms. The van der Waals surface area contributed by atoms with Gasteiger partial charge in [-0.25, -0.2) is 4.57 Å². The van der Waals surface area contributed by atoms with Crippen molar-refractivity contribution in [3.05, 3.63) is 122 Å². The number of likely N-dealkylation sites (N-methyl/N-ethyl adjacent to an activating group) is 1. The Morgan fingerprint density at radius 3 is 1.37 bits per heavy atom. The molecule has 0 rings (SSSR count). The molecule has 2 unspecified atom stereocenters. The monoisotopic (exact) mass is 841 g/mol. The van der Waals surface area contributed by atoms with Crippen LogP contribution in [0.1, 0.15) is 129 Å². The lowest BCUT2D eigenvalue weighted by Crippen LogP contribution is -2.37. The lowest BCUT2D eigenvalue weighted by molar-refractivity contribution is -0.870. The van der Waals surface area contributed by atoms with Crippen molar-refractivity contribution in [1.82, 2.24) is 0 Å². The highest BCUT2D eigenvalue weighted by molar-refractivity contribution is 7.47. The zero-order valence-corrected chi connectivity index (χ0v) is 38.6. The summed E-state index contributed by atoms with van der Waals surface area (Å²) in [6.07, 6.45) is 59.6. The summed E-state index contributed by atoms with van der Waals surface area (Å²) in [5, 5.41) is 0. The summed E-state index contributed by atoms with van der Waals surface area (Å²) >= 11 is 0. The van der Waals surface area contributed by atoms with Gasteiger partial charge in [-0.2, -0.15) is 0 Å². The van der Waals surface area contributed by atoms with Crippen molar-refractivity contribution in [2.45, 2.75) is 136 Å². The third-order valence-corrected chi connectivity index (χ3v) is 9.50. The predicted molar refractivity (Wildman–Crippen MR) is 251 cm³/mol. The van der Waals surface area contributed by atoms with Crippen LogP contribution in [-0.2, 0) is 27.9 Å². The summed E-state index contributed by atoms with van der Waals surface area (Å²) in [5.41, 5.74) is 0. The molecule has 8 nitrogen and oxygen atoms in total. The molecule has 0 aliphatic heterocycles. The highest BCUT2D eigenvalue weighted by Gasteiger charge is 2.26. The van der Waals surface area contributed by atoms with Gasteiger partial charge in [-0.1, -0.05) is 148 Å². The zero-order chi connectivity index (χ0) is 43.4. The van der Waals surface area contributed by atoms with Gasteiger partial charge in [0.2, 0.25) is 0 Å². The third-order valence-electron chi connectivity index (χ3n) is 8.52. The van der Waals surface area contributed by atoms with Crippen LogP contribution >= 0.6 is 7.82 Å². The first kappa shape index (κ1) is 55.9. The van der Waals surface area contributed by atoms with E-state index in [0.29, 0.717) is 24.1 Å². The van der Waals surface area contributed by atoms with Crippen LogP contribution in [-0.4, -0.2) is 75.6 Å². The summed E-state index contributed by atoms with van der Waals surface area (Å²) < 4.78 is 34.9. The smallest absolute Gasteiger partial charge is 0.457 e. The minimum absolute atomic E-state index is 0.0646. The number of allylic oxidation sites excluding steroid dienone is 20. The van der Waals surface area contributed by atoms with Crippen molar-refractivity contribution >= 4 is 13.8 Å². The van der Waals surface area contributed by atoms with Gasteiger partial charge in [0.05, 0.1) is 34.4 Å². The molecule has 0 saturated heterocycles. The van der Waals surface area contributed by atoms with E-state index in [1.54, 1.807) is 0 Å². The topological polar surface area (TPSA) is 91.3 Å². The molecular weight excluding hydrogens is 758 g/mol. The number of phosphoric acid groups is 1. The summed E-state index contributed by atoms with van der Waals surface area (Å²) in [7, 11) is 1.59. The second-order valence-corrected chi connectivity index (χ2v) is 16.8. The number of quaternary nitrogens is 1. The number of carbonyl (C=O) groups excluding carboxylic acids is 1. The van der Waals surface area contributed by atoms with Gasteiger partial charge in [0.15, 0.2) is 0 Å². The first-order valence-corrected chi connectivity index (χ1v) is 23.8. The Hall–Kier alpha value is -3.10. The van der Waals surface area contributed by atoms with Crippen LogP contribution in [0.2, 0.25) is 0 Å². The van der Waals surface area contributed by atoms with E-state index in [0.717, 1.165) is 103 Å². The van der Waals surface area contributed by atoms with Crippen LogP contribution in [0.4, 0.5) is 0 Å². The standard InChI is InChI=1S/C50H82NO7P/c1-6-8-10-12-14-16-18-20-22-24-25-26-28-30-32-34-36-38-40-42-45-55-47-49(48-57-59(53,54)56-46-44-51(3,4)5)58-50(52)43-41-39-37-35-33-31-29-27-23-21-19-17-15-13-11-9-7-2/h8-11,14-17,20-23,25-26,29-32,35,37,49H,6-7,12-13,18-19,24,27-28,33-34,36,38-48H2,1-5H3/p+1/b10-8-,11-9-,16-14-,17-15-,22-20-,23-21-,26-25-,31-29-,32-30-,37-35-. The first-order chi connectivity index (χ1) is 28.6. The largest absolute Gasteiger partial charge is 0.472 e. The second kappa shape index (κ2) is 41.6. The summed E-state index contributed by atoms with van der Waals surface area (Å²) in [6.45, 7) is 5.20. The van der Waals surface area contributed by atoms with E-state index in [4.69, 9.17) is 18.5 Å². The number of rotatable bonds is 39. The fraction of sp³-hybridized carbons (Fsp3) is 0.580. The Morgan fingerprint density at radius 2 is 0.932 bits per heavy atom. The Bertz CT molecular complexity index is 1350. The molecule has 0 aromatic rings. The van der Waals surface area contributed by atoms with Gasteiger partial charge in [-0.3, -0.25) is 13.8 Å². The molecule has 334 valence electrons. The van der Waals surface area contributed by atoms with Crippen LogP contribution < -0.4 is 0 Å². The van der Waals surface area contributed by atoms with Gasteiger partial charge in [0.25, 0.3) is 0 Å². The number of hydrogen-bond acceptors (Lipinski definition) is 6. The van der Waals surface area contributed by atoms with E-state index >= 15 is 0 Å². The molecule has 0 aromatic heterocycles. The van der Waals surface area contributed by atoms with Gasteiger partial charge in [-0.15, -0.1) is 0 Å². The Kier molecular flexibility index (Phi) is 39.4. The molecule has 0 bridgehead atoms. The lowest BCUT2D eigenvalue weighted by atomic mass is 10.1. The normalized spacial score (nSPS) is 14.9. The molecule has 0 saturated carbocycles. The summed E-state index contributed by atoms with van der Waals surface area (Å²) in [6, 6.07) is 0. The van der Waals surface area contributed by atoms with Crippen LogP contribution in [0.5, 0.6) is 0 Å². The molecule has 59 heavy (non-hydrogen) atoms. The van der Waals surface area contributed by atoms with E-state index in [2.05, 4.69) is 135 Å². The number of unbranched alkanes of at least 4 members (excludes halogenated alkanes) is 5. The number of hydrogen-bond donors (Lipinski definition) is 1. The maximum Gasteiger partial charge on any atom is 0.472 e. The molecule has 1 N–H and O–H groups in total. The van der Waals surface area contributed by atoms with Crippen LogP contribution in [0.25, 0.3) is 0 Å². The highest BCUT2D eigenvalue weighted by atomic mass is 31.2. The Balaban J connectivity index is 4.41. The molecule has 0 fully saturated rings. The van der Waals surface area contributed by atoms with Crippen molar-refractivity contribution in [2.75, 3.05) is 54.1 Å². The minimum atomic E-state index is -4.31. The Labute approximate surface area is 361 Å². The maximum atomic E-state index is 12.7. The van der Waals surface area contributed by atoms with Gasteiger partial charge in [0.1, 0.15) is 19.3 Å². The molecule has 0 aliphatic rings. The second-order valence-electron chi connectivity index (χ2n) is 15.3. The highest BCUT2D eigenvalue weighted by Crippen LogP contribution is 2.43. The zero-order valence-electron chi connectivity index (χ0n) is 37.7. The minimum Gasteiger partial charge on any atom is -0.457 e. The number of esters is 1. The van der Waals surface area contributed by atoms with Gasteiger partial charge >= 0.3 is 13.8 Å².